The van der Waals surface area contributed by atoms with Crippen LogP contribution in [0.2, 0.25) is 0 Å². The maximum Gasteiger partial charge on any atom is 0.318 e. The predicted octanol–water partition coefficient (Wildman–Crippen LogP) is 0.312. The number of piperidine rings is 1. The summed E-state index contributed by atoms with van der Waals surface area (Å²) in [5.41, 5.74) is 0. The van der Waals surface area contributed by atoms with Crippen LogP contribution in [-0.2, 0) is 4.79 Å². The number of anilines is 1. The first kappa shape index (κ1) is 13.8. The highest BCUT2D eigenvalue weighted by Crippen LogP contribution is 2.23. The topological polar surface area (TPSA) is 83.3 Å². The van der Waals surface area contributed by atoms with E-state index in [1.807, 2.05) is 18.9 Å². The third-order valence-corrected chi connectivity index (χ3v) is 3.54. The van der Waals surface area contributed by atoms with Crippen LogP contribution in [0.3, 0.4) is 0 Å². The Morgan fingerprint density at radius 1 is 1.47 bits per heavy atom. The summed E-state index contributed by atoms with van der Waals surface area (Å²) < 4.78 is 5.65. The summed E-state index contributed by atoms with van der Waals surface area (Å²) in [6.07, 6.45) is 1.86. The maximum atomic E-state index is 11.7. The summed E-state index contributed by atoms with van der Waals surface area (Å²) in [4.78, 5) is 13.7. The standard InChI is InChI=1S/C12H21N5O2/c1-8(13-2)11-15-16-12(19-11)17-6-4-5-9(7-17)10(18)14-3/h8-9,13H,4-7H2,1-3H3,(H,14,18). The van der Waals surface area contributed by atoms with Crippen LogP contribution in [0.4, 0.5) is 6.01 Å². The largest absolute Gasteiger partial charge is 0.406 e. The van der Waals surface area contributed by atoms with Crippen LogP contribution in [0.15, 0.2) is 4.42 Å². The van der Waals surface area contributed by atoms with E-state index in [1.54, 1.807) is 7.05 Å². The van der Waals surface area contributed by atoms with Crippen molar-refractivity contribution in [2.24, 2.45) is 5.92 Å². The van der Waals surface area contributed by atoms with E-state index in [0.29, 0.717) is 18.5 Å². The molecule has 1 aliphatic heterocycles. The van der Waals surface area contributed by atoms with Crippen LogP contribution in [0.1, 0.15) is 31.7 Å². The summed E-state index contributed by atoms with van der Waals surface area (Å²) in [6.45, 7) is 3.44. The van der Waals surface area contributed by atoms with Gasteiger partial charge in [-0.3, -0.25) is 4.79 Å². The van der Waals surface area contributed by atoms with Crippen molar-refractivity contribution >= 4 is 11.9 Å². The molecule has 0 bridgehead atoms. The fourth-order valence-corrected chi connectivity index (χ4v) is 2.22. The number of hydrogen-bond donors (Lipinski definition) is 2. The number of carbonyl (C=O) groups is 1. The van der Waals surface area contributed by atoms with Gasteiger partial charge in [0.2, 0.25) is 11.8 Å². The van der Waals surface area contributed by atoms with Gasteiger partial charge in [0.05, 0.1) is 12.0 Å². The second-order valence-corrected chi connectivity index (χ2v) is 4.83. The zero-order chi connectivity index (χ0) is 13.8. The summed E-state index contributed by atoms with van der Waals surface area (Å²) >= 11 is 0. The SMILES string of the molecule is CNC(=O)C1CCCN(c2nnc(C(C)NC)o2)C1. The molecule has 2 heterocycles. The third-order valence-electron chi connectivity index (χ3n) is 3.54. The Morgan fingerprint density at radius 3 is 2.95 bits per heavy atom. The van der Waals surface area contributed by atoms with Crippen LogP contribution in [-0.4, -0.2) is 43.3 Å². The fourth-order valence-electron chi connectivity index (χ4n) is 2.22. The van der Waals surface area contributed by atoms with E-state index in [9.17, 15) is 4.79 Å². The molecule has 1 aromatic heterocycles. The lowest BCUT2D eigenvalue weighted by molar-refractivity contribution is -0.124. The molecule has 0 aromatic carbocycles. The number of amides is 1. The highest BCUT2D eigenvalue weighted by Gasteiger charge is 2.28. The Labute approximate surface area is 112 Å². The molecule has 1 amide bonds. The average molecular weight is 267 g/mol. The highest BCUT2D eigenvalue weighted by atomic mass is 16.4. The van der Waals surface area contributed by atoms with Gasteiger partial charge in [-0.2, -0.15) is 0 Å². The van der Waals surface area contributed by atoms with Gasteiger partial charge in [-0.15, -0.1) is 5.10 Å². The predicted molar refractivity (Wildman–Crippen MR) is 70.8 cm³/mol. The van der Waals surface area contributed by atoms with Gasteiger partial charge in [-0.05, 0) is 26.8 Å². The van der Waals surface area contributed by atoms with Gasteiger partial charge in [0, 0.05) is 20.1 Å². The molecule has 7 nitrogen and oxygen atoms in total. The molecule has 1 aromatic rings. The lowest BCUT2D eigenvalue weighted by atomic mass is 9.97. The molecule has 1 aliphatic rings. The van der Waals surface area contributed by atoms with E-state index in [4.69, 9.17) is 4.42 Å². The molecular formula is C12H21N5O2. The van der Waals surface area contributed by atoms with Gasteiger partial charge in [0.25, 0.3) is 0 Å². The second kappa shape index (κ2) is 6.01. The van der Waals surface area contributed by atoms with Gasteiger partial charge in [0.15, 0.2) is 0 Å². The molecule has 0 saturated carbocycles. The van der Waals surface area contributed by atoms with E-state index in [-0.39, 0.29) is 17.9 Å². The number of nitrogens with zero attached hydrogens (tertiary/aromatic N) is 3. The molecule has 2 unspecified atom stereocenters. The Balaban J connectivity index is 2.05. The van der Waals surface area contributed by atoms with E-state index in [0.717, 1.165) is 19.4 Å². The number of carbonyl (C=O) groups excluding carboxylic acids is 1. The van der Waals surface area contributed by atoms with Gasteiger partial charge >= 0.3 is 6.01 Å². The van der Waals surface area contributed by atoms with E-state index in [2.05, 4.69) is 20.8 Å². The van der Waals surface area contributed by atoms with E-state index >= 15 is 0 Å². The first-order valence-electron chi connectivity index (χ1n) is 6.63. The molecule has 1 fully saturated rings. The Kier molecular flexibility index (Phi) is 4.36. The van der Waals surface area contributed by atoms with Crippen LogP contribution in [0.25, 0.3) is 0 Å². The van der Waals surface area contributed by atoms with Crippen molar-refractivity contribution in [3.8, 4) is 0 Å². The molecule has 106 valence electrons. The summed E-state index contributed by atoms with van der Waals surface area (Å²) in [5, 5.41) is 13.8. The number of nitrogens with one attached hydrogen (secondary N) is 2. The lowest BCUT2D eigenvalue weighted by Crippen LogP contribution is -2.42. The van der Waals surface area contributed by atoms with Crippen molar-refractivity contribution < 1.29 is 9.21 Å². The van der Waals surface area contributed by atoms with E-state index in [1.165, 1.54) is 0 Å². The van der Waals surface area contributed by atoms with Gasteiger partial charge in [0.1, 0.15) is 0 Å². The van der Waals surface area contributed by atoms with Crippen molar-refractivity contribution in [2.75, 3.05) is 32.1 Å². The Hall–Kier alpha value is -1.63. The van der Waals surface area contributed by atoms with Crippen molar-refractivity contribution in [1.82, 2.24) is 20.8 Å². The average Bonchev–Trinajstić information content (AvgIpc) is 2.95. The Bertz CT molecular complexity index is 434. The van der Waals surface area contributed by atoms with Crippen LogP contribution >= 0.6 is 0 Å². The lowest BCUT2D eigenvalue weighted by Gasteiger charge is -2.30. The fraction of sp³-hybridized carbons (Fsp3) is 0.750. The Morgan fingerprint density at radius 2 is 2.26 bits per heavy atom. The molecule has 2 atom stereocenters. The van der Waals surface area contributed by atoms with Crippen LogP contribution < -0.4 is 15.5 Å². The van der Waals surface area contributed by atoms with Gasteiger partial charge in [-0.1, -0.05) is 5.10 Å². The molecule has 2 rings (SSSR count). The molecule has 19 heavy (non-hydrogen) atoms. The monoisotopic (exact) mass is 267 g/mol. The van der Waals surface area contributed by atoms with E-state index < -0.39 is 0 Å². The van der Waals surface area contributed by atoms with Gasteiger partial charge in [-0.25, -0.2) is 0 Å². The summed E-state index contributed by atoms with van der Waals surface area (Å²) in [5.74, 6) is 0.642. The smallest absolute Gasteiger partial charge is 0.318 e. The summed E-state index contributed by atoms with van der Waals surface area (Å²) in [6, 6.07) is 0.534. The molecular weight excluding hydrogens is 246 g/mol. The molecule has 0 aliphatic carbocycles. The number of rotatable bonds is 4. The molecule has 1 saturated heterocycles. The zero-order valence-corrected chi connectivity index (χ0v) is 11.6. The summed E-state index contributed by atoms with van der Waals surface area (Å²) in [7, 11) is 3.51. The quantitative estimate of drug-likeness (QED) is 0.817. The molecule has 0 spiro atoms. The zero-order valence-electron chi connectivity index (χ0n) is 11.6. The van der Waals surface area contributed by atoms with Crippen molar-refractivity contribution in [3.63, 3.8) is 0 Å². The highest BCUT2D eigenvalue weighted by molar-refractivity contribution is 5.79. The van der Waals surface area contributed by atoms with Crippen molar-refractivity contribution in [2.45, 2.75) is 25.8 Å². The van der Waals surface area contributed by atoms with Crippen molar-refractivity contribution in [1.29, 1.82) is 0 Å². The normalized spacial score (nSPS) is 21.2. The third kappa shape index (κ3) is 3.04. The first-order chi connectivity index (χ1) is 9.15. The maximum absolute atomic E-state index is 11.7. The molecule has 0 radical (unpaired) electrons. The van der Waals surface area contributed by atoms with Crippen molar-refractivity contribution in [3.05, 3.63) is 5.89 Å². The minimum atomic E-state index is -0.00387. The minimum Gasteiger partial charge on any atom is -0.406 e. The number of aromatic nitrogens is 2. The molecule has 2 N–H and O–H groups in total. The van der Waals surface area contributed by atoms with Crippen LogP contribution in [0, 0.1) is 5.92 Å². The minimum absolute atomic E-state index is 0.00387. The second-order valence-electron chi connectivity index (χ2n) is 4.83. The number of hydrogen-bond acceptors (Lipinski definition) is 6. The molecule has 7 heteroatoms. The first-order valence-corrected chi connectivity index (χ1v) is 6.63. The van der Waals surface area contributed by atoms with Gasteiger partial charge < -0.3 is 20.0 Å². The van der Waals surface area contributed by atoms with Crippen LogP contribution in [0.5, 0.6) is 0 Å².